The Morgan fingerprint density at radius 1 is 1.15 bits per heavy atom. The summed E-state index contributed by atoms with van der Waals surface area (Å²) in [4.78, 5) is 16.4. The van der Waals surface area contributed by atoms with E-state index in [-0.39, 0.29) is 5.69 Å². The second-order valence-corrected chi connectivity index (χ2v) is 7.05. The number of hydrogen-bond acceptors (Lipinski definition) is 3. The molecule has 1 aromatic heterocycles. The summed E-state index contributed by atoms with van der Waals surface area (Å²) in [5, 5.41) is 0. The highest BCUT2D eigenvalue weighted by molar-refractivity contribution is 5.09. The minimum atomic E-state index is -0.0616. The van der Waals surface area contributed by atoms with Gasteiger partial charge in [-0.1, -0.05) is 0 Å². The van der Waals surface area contributed by atoms with Crippen LogP contribution in [0.5, 0.6) is 0 Å². The zero-order chi connectivity index (χ0) is 13.7. The lowest BCUT2D eigenvalue weighted by atomic mass is 9.54. The van der Waals surface area contributed by atoms with Crippen LogP contribution in [0.4, 0.5) is 0 Å². The molecule has 0 radical (unpaired) electrons. The van der Waals surface area contributed by atoms with Crippen LogP contribution in [-0.2, 0) is 6.42 Å². The maximum absolute atomic E-state index is 12.3. The predicted octanol–water partition coefficient (Wildman–Crippen LogP) is 1.74. The van der Waals surface area contributed by atoms with Crippen LogP contribution in [0.2, 0.25) is 0 Å². The number of nitrogens with zero attached hydrogens (tertiary/aromatic N) is 2. The minimum absolute atomic E-state index is 0.0616. The molecule has 4 aliphatic rings. The van der Waals surface area contributed by atoms with Gasteiger partial charge in [0.1, 0.15) is 0 Å². The van der Waals surface area contributed by atoms with Crippen molar-refractivity contribution in [3.8, 4) is 0 Å². The molecule has 0 unspecified atom stereocenters. The fourth-order valence-corrected chi connectivity index (χ4v) is 5.44. The fourth-order valence-electron chi connectivity index (χ4n) is 5.44. The van der Waals surface area contributed by atoms with Gasteiger partial charge in [0, 0.05) is 24.4 Å². The zero-order valence-electron chi connectivity index (χ0n) is 11.9. The van der Waals surface area contributed by atoms with Crippen molar-refractivity contribution in [3.63, 3.8) is 0 Å². The number of rotatable bonds is 3. The van der Waals surface area contributed by atoms with Gasteiger partial charge in [-0.3, -0.25) is 4.57 Å². The van der Waals surface area contributed by atoms with Gasteiger partial charge in [-0.25, -0.2) is 9.78 Å². The highest BCUT2D eigenvalue weighted by atomic mass is 16.1. The predicted molar refractivity (Wildman–Crippen MR) is 77.3 cm³/mol. The smallest absolute Gasteiger partial charge is 0.330 e. The first-order valence-electron chi connectivity index (χ1n) is 8.02. The van der Waals surface area contributed by atoms with Gasteiger partial charge in [0.05, 0.1) is 0 Å². The van der Waals surface area contributed by atoms with Crippen LogP contribution >= 0.6 is 0 Å². The summed E-state index contributed by atoms with van der Waals surface area (Å²) in [7, 11) is 0. The molecule has 0 aliphatic heterocycles. The van der Waals surface area contributed by atoms with E-state index >= 15 is 0 Å². The molecule has 5 rings (SSSR count). The third kappa shape index (κ3) is 1.85. The number of nitrogens with two attached hydrogens (primary N) is 1. The number of aromatic nitrogens is 2. The monoisotopic (exact) mass is 273 g/mol. The van der Waals surface area contributed by atoms with E-state index in [4.69, 9.17) is 5.73 Å². The topological polar surface area (TPSA) is 60.9 Å². The van der Waals surface area contributed by atoms with Gasteiger partial charge in [-0.15, -0.1) is 0 Å². The molecule has 108 valence electrons. The second-order valence-electron chi connectivity index (χ2n) is 7.05. The van der Waals surface area contributed by atoms with Crippen LogP contribution < -0.4 is 11.4 Å². The van der Waals surface area contributed by atoms with Crippen molar-refractivity contribution >= 4 is 0 Å². The molecular formula is C16H23N3O. The van der Waals surface area contributed by atoms with E-state index in [1.807, 2.05) is 10.6 Å². The van der Waals surface area contributed by atoms with Crippen molar-refractivity contribution < 1.29 is 0 Å². The van der Waals surface area contributed by atoms with Crippen molar-refractivity contribution in [1.82, 2.24) is 9.55 Å². The van der Waals surface area contributed by atoms with Gasteiger partial charge in [-0.2, -0.15) is 0 Å². The lowest BCUT2D eigenvalue weighted by molar-refractivity contribution is -0.0318. The van der Waals surface area contributed by atoms with Crippen LogP contribution in [-0.4, -0.2) is 16.1 Å². The molecule has 0 spiro atoms. The Hall–Kier alpha value is -1.16. The molecule has 1 aromatic rings. The second kappa shape index (κ2) is 4.69. The van der Waals surface area contributed by atoms with E-state index in [1.54, 1.807) is 6.20 Å². The molecule has 4 aliphatic carbocycles. The molecule has 4 nitrogen and oxygen atoms in total. The molecule has 4 saturated carbocycles. The van der Waals surface area contributed by atoms with Gasteiger partial charge < -0.3 is 5.73 Å². The van der Waals surface area contributed by atoms with Crippen LogP contribution in [0.3, 0.4) is 0 Å². The summed E-state index contributed by atoms with van der Waals surface area (Å²) in [6.45, 7) is 0.594. The first-order chi connectivity index (χ1) is 9.76. The average Bonchev–Trinajstić information content (AvgIpc) is 2.40. The highest BCUT2D eigenvalue weighted by Gasteiger charge is 2.49. The lowest BCUT2D eigenvalue weighted by Crippen LogP contribution is -2.49. The van der Waals surface area contributed by atoms with Crippen molar-refractivity contribution in [1.29, 1.82) is 0 Å². The van der Waals surface area contributed by atoms with E-state index < -0.39 is 0 Å². The van der Waals surface area contributed by atoms with Crippen molar-refractivity contribution in [3.05, 3.63) is 28.4 Å². The highest BCUT2D eigenvalue weighted by Crippen LogP contribution is 2.58. The summed E-state index contributed by atoms with van der Waals surface area (Å²) in [6, 6.07) is 2.38. The Labute approximate surface area is 119 Å². The van der Waals surface area contributed by atoms with Gasteiger partial charge in [0.2, 0.25) is 0 Å². The van der Waals surface area contributed by atoms with Crippen molar-refractivity contribution in [2.75, 3.05) is 6.54 Å². The molecule has 0 atom stereocenters. The minimum Gasteiger partial charge on any atom is -0.330 e. The normalized spacial score (nSPS) is 38.4. The van der Waals surface area contributed by atoms with Gasteiger partial charge in [0.15, 0.2) is 0 Å². The Bertz CT molecular complexity index is 537. The Morgan fingerprint density at radius 3 is 2.40 bits per heavy atom. The quantitative estimate of drug-likeness (QED) is 0.912. The summed E-state index contributed by atoms with van der Waals surface area (Å²) in [6.07, 6.45) is 9.14. The van der Waals surface area contributed by atoms with Crippen molar-refractivity contribution in [2.45, 2.75) is 44.6 Å². The molecule has 4 heteroatoms. The summed E-state index contributed by atoms with van der Waals surface area (Å²) in [5.74, 6) is 3.26. The van der Waals surface area contributed by atoms with E-state index in [1.165, 1.54) is 32.1 Å². The van der Waals surface area contributed by atoms with Crippen molar-refractivity contribution in [2.24, 2.45) is 29.4 Å². The van der Waals surface area contributed by atoms with Gasteiger partial charge in [0.25, 0.3) is 0 Å². The third-order valence-electron chi connectivity index (χ3n) is 5.84. The molecule has 4 fully saturated rings. The Balaban J connectivity index is 1.76. The molecular weight excluding hydrogens is 250 g/mol. The number of hydrogen-bond donors (Lipinski definition) is 1. The first kappa shape index (κ1) is 12.6. The Kier molecular flexibility index (Phi) is 2.95. The summed E-state index contributed by atoms with van der Waals surface area (Å²) >= 11 is 0. The fraction of sp³-hybridized carbons (Fsp3) is 0.750. The van der Waals surface area contributed by atoms with E-state index in [0.717, 1.165) is 24.0 Å². The molecule has 0 aromatic carbocycles. The van der Waals surface area contributed by atoms with E-state index in [2.05, 4.69) is 4.98 Å². The Morgan fingerprint density at radius 2 is 1.80 bits per heavy atom. The maximum Gasteiger partial charge on any atom is 0.347 e. The SMILES string of the molecule is NCCc1ccnc(=O)n1C1C2CC3CC(C2)CC1C3. The summed E-state index contributed by atoms with van der Waals surface area (Å²) < 4.78 is 2.01. The molecule has 2 N–H and O–H groups in total. The molecule has 4 bridgehead atoms. The largest absolute Gasteiger partial charge is 0.347 e. The molecule has 0 amide bonds. The zero-order valence-corrected chi connectivity index (χ0v) is 11.9. The van der Waals surface area contributed by atoms with E-state index in [9.17, 15) is 4.79 Å². The van der Waals surface area contributed by atoms with Crippen LogP contribution in [0.25, 0.3) is 0 Å². The van der Waals surface area contributed by atoms with E-state index in [0.29, 0.717) is 24.4 Å². The first-order valence-corrected chi connectivity index (χ1v) is 8.02. The van der Waals surface area contributed by atoms with Crippen LogP contribution in [0.1, 0.15) is 43.8 Å². The maximum atomic E-state index is 12.3. The van der Waals surface area contributed by atoms with Gasteiger partial charge >= 0.3 is 5.69 Å². The van der Waals surface area contributed by atoms with Crippen LogP contribution in [0, 0.1) is 23.7 Å². The molecule has 20 heavy (non-hydrogen) atoms. The molecule has 0 saturated heterocycles. The standard InChI is InChI=1S/C16H23N3O/c17-3-1-14-2-4-18-16(20)19(14)15-12-6-10-5-11(8-12)9-13(15)7-10/h2,4,10-13,15H,1,3,5-9,17H2. The van der Waals surface area contributed by atoms with Crippen LogP contribution in [0.15, 0.2) is 17.1 Å². The lowest BCUT2D eigenvalue weighted by Gasteiger charge is -2.54. The summed E-state index contributed by atoms with van der Waals surface area (Å²) in [5.41, 5.74) is 6.74. The van der Waals surface area contributed by atoms with Gasteiger partial charge in [-0.05, 0) is 68.4 Å². The molecule has 1 heterocycles. The third-order valence-corrected chi connectivity index (χ3v) is 5.84. The average molecular weight is 273 g/mol.